The number of carbonyl (C=O) groups is 2. The highest BCUT2D eigenvalue weighted by atomic mass is 35.5. The van der Waals surface area contributed by atoms with Crippen LogP contribution in [-0.2, 0) is 16.1 Å². The van der Waals surface area contributed by atoms with Crippen molar-refractivity contribution in [3.8, 4) is 5.75 Å². The van der Waals surface area contributed by atoms with Crippen LogP contribution in [0.3, 0.4) is 0 Å². The molecule has 0 spiro atoms. The lowest BCUT2D eigenvalue weighted by atomic mass is 9.94. The number of aliphatic hydroxyl groups is 1. The minimum absolute atomic E-state index is 0.0525. The van der Waals surface area contributed by atoms with Crippen LogP contribution in [0.5, 0.6) is 5.75 Å². The molecule has 2 aromatic carbocycles. The molecule has 4 rings (SSSR count). The van der Waals surface area contributed by atoms with E-state index in [0.29, 0.717) is 42.5 Å². The summed E-state index contributed by atoms with van der Waals surface area (Å²) in [5.41, 5.74) is 2.21. The van der Waals surface area contributed by atoms with E-state index in [1.54, 1.807) is 30.7 Å². The largest absolute Gasteiger partial charge is 0.507 e. The van der Waals surface area contributed by atoms with Gasteiger partial charge in [-0.2, -0.15) is 0 Å². The highest BCUT2D eigenvalue weighted by molar-refractivity contribution is 6.46. The van der Waals surface area contributed by atoms with Gasteiger partial charge in [0.15, 0.2) is 0 Å². The van der Waals surface area contributed by atoms with Crippen LogP contribution in [0.25, 0.3) is 5.76 Å². The Kier molecular flexibility index (Phi) is 7.03. The minimum Gasteiger partial charge on any atom is -0.507 e. The van der Waals surface area contributed by atoms with Gasteiger partial charge in [-0.25, -0.2) is 4.98 Å². The number of amides is 1. The first-order valence-corrected chi connectivity index (χ1v) is 11.5. The number of imidazole rings is 1. The molecule has 34 heavy (non-hydrogen) atoms. The second-order valence-corrected chi connectivity index (χ2v) is 8.54. The van der Waals surface area contributed by atoms with Crippen molar-refractivity contribution in [2.24, 2.45) is 0 Å². The molecule has 8 heteroatoms. The molecular formula is C26H26ClN3O4. The van der Waals surface area contributed by atoms with Gasteiger partial charge in [-0.3, -0.25) is 9.59 Å². The topological polar surface area (TPSA) is 84.7 Å². The lowest BCUT2D eigenvalue weighted by Gasteiger charge is -2.25. The predicted octanol–water partition coefficient (Wildman–Crippen LogP) is 4.76. The molecule has 2 heterocycles. The van der Waals surface area contributed by atoms with E-state index in [2.05, 4.69) is 4.98 Å². The number of halogens is 1. The molecule has 0 saturated carbocycles. The number of hydrogen-bond donors (Lipinski definition) is 1. The van der Waals surface area contributed by atoms with E-state index >= 15 is 0 Å². The van der Waals surface area contributed by atoms with Gasteiger partial charge in [0.05, 0.1) is 29.6 Å². The van der Waals surface area contributed by atoms with Crippen molar-refractivity contribution in [3.63, 3.8) is 0 Å². The third-order valence-corrected chi connectivity index (χ3v) is 6.11. The Bertz CT molecular complexity index is 1220. The third-order valence-electron chi connectivity index (χ3n) is 5.81. The zero-order valence-electron chi connectivity index (χ0n) is 19.1. The summed E-state index contributed by atoms with van der Waals surface area (Å²) in [5.74, 6) is -1.12. The summed E-state index contributed by atoms with van der Waals surface area (Å²) in [6, 6.07) is 11.7. The predicted molar refractivity (Wildman–Crippen MR) is 130 cm³/mol. The number of nitrogens with zero attached hydrogens (tertiary/aromatic N) is 3. The van der Waals surface area contributed by atoms with E-state index in [9.17, 15) is 14.7 Å². The van der Waals surface area contributed by atoms with Gasteiger partial charge in [0, 0.05) is 31.0 Å². The van der Waals surface area contributed by atoms with Crippen LogP contribution in [-0.4, -0.2) is 44.4 Å². The number of aromatic nitrogens is 2. The SMILES string of the molecule is CCOc1ccc(C(O)=C2C(=O)C(=O)N(CCCn3ccnc3)[C@@H]2c2ccc(C)cc2)cc1Cl. The number of benzene rings is 2. The molecule has 0 bridgehead atoms. The van der Waals surface area contributed by atoms with Crippen LogP contribution in [0.1, 0.15) is 36.1 Å². The quantitative estimate of drug-likeness (QED) is 0.286. The number of hydrogen-bond acceptors (Lipinski definition) is 5. The van der Waals surface area contributed by atoms with Gasteiger partial charge in [-0.15, -0.1) is 0 Å². The fourth-order valence-corrected chi connectivity index (χ4v) is 4.36. The monoisotopic (exact) mass is 479 g/mol. The molecule has 0 radical (unpaired) electrons. The second kappa shape index (κ2) is 10.1. The molecule has 0 unspecified atom stereocenters. The molecule has 1 fully saturated rings. The highest BCUT2D eigenvalue weighted by Crippen LogP contribution is 2.40. The summed E-state index contributed by atoms with van der Waals surface area (Å²) in [5, 5.41) is 11.5. The summed E-state index contributed by atoms with van der Waals surface area (Å²) in [7, 11) is 0. The van der Waals surface area contributed by atoms with Crippen molar-refractivity contribution < 1.29 is 19.4 Å². The first kappa shape index (κ1) is 23.6. The summed E-state index contributed by atoms with van der Waals surface area (Å²) in [4.78, 5) is 31.8. The number of ether oxygens (including phenoxy) is 1. The van der Waals surface area contributed by atoms with E-state index in [0.717, 1.165) is 11.1 Å². The average molecular weight is 480 g/mol. The lowest BCUT2D eigenvalue weighted by molar-refractivity contribution is -0.139. The van der Waals surface area contributed by atoms with E-state index in [-0.39, 0.29) is 11.3 Å². The third kappa shape index (κ3) is 4.70. The highest BCUT2D eigenvalue weighted by Gasteiger charge is 2.45. The average Bonchev–Trinajstić information content (AvgIpc) is 3.43. The molecule has 0 aliphatic carbocycles. The van der Waals surface area contributed by atoms with Crippen LogP contribution in [0.15, 0.2) is 66.8 Å². The van der Waals surface area contributed by atoms with Crippen LogP contribution in [0.2, 0.25) is 5.02 Å². The fourth-order valence-electron chi connectivity index (χ4n) is 4.12. The maximum absolute atomic E-state index is 13.1. The molecular weight excluding hydrogens is 454 g/mol. The first-order chi connectivity index (χ1) is 16.4. The van der Waals surface area contributed by atoms with Crippen molar-refractivity contribution in [2.45, 2.75) is 32.9 Å². The van der Waals surface area contributed by atoms with Crippen LogP contribution >= 0.6 is 11.6 Å². The number of rotatable bonds is 8. The van der Waals surface area contributed by atoms with Gasteiger partial charge < -0.3 is 19.3 Å². The maximum atomic E-state index is 13.1. The standard InChI is InChI=1S/C26H26ClN3O4/c1-3-34-21-10-9-19(15-20(21)27)24(31)22-23(18-7-5-17(2)6-8-18)30(26(33)25(22)32)13-4-12-29-14-11-28-16-29/h5-11,14-16,23,31H,3-4,12-13H2,1-2H3/t23-/m1/s1. The Hall–Kier alpha value is -3.58. The summed E-state index contributed by atoms with van der Waals surface area (Å²) in [6.07, 6.45) is 5.88. The summed E-state index contributed by atoms with van der Waals surface area (Å²) in [6.45, 7) is 5.26. The van der Waals surface area contributed by atoms with E-state index in [1.165, 1.54) is 4.90 Å². The second-order valence-electron chi connectivity index (χ2n) is 8.14. The van der Waals surface area contributed by atoms with Gasteiger partial charge in [0.2, 0.25) is 0 Å². The maximum Gasteiger partial charge on any atom is 0.295 e. The lowest BCUT2D eigenvalue weighted by Crippen LogP contribution is -2.31. The van der Waals surface area contributed by atoms with Crippen molar-refractivity contribution in [2.75, 3.05) is 13.2 Å². The first-order valence-electron chi connectivity index (χ1n) is 11.1. The summed E-state index contributed by atoms with van der Waals surface area (Å²) < 4.78 is 7.38. The zero-order chi connectivity index (χ0) is 24.2. The van der Waals surface area contributed by atoms with Gasteiger partial charge in [-0.05, 0) is 44.0 Å². The molecule has 1 atom stereocenters. The molecule has 3 aromatic rings. The minimum atomic E-state index is -0.712. The van der Waals surface area contributed by atoms with Gasteiger partial charge in [0.1, 0.15) is 11.5 Å². The van der Waals surface area contributed by atoms with E-state index < -0.39 is 17.7 Å². The number of ketones is 1. The molecule has 1 saturated heterocycles. The van der Waals surface area contributed by atoms with Gasteiger partial charge in [-0.1, -0.05) is 41.4 Å². The molecule has 1 amide bonds. The summed E-state index contributed by atoms with van der Waals surface area (Å²) >= 11 is 6.31. The number of Topliss-reactive ketones (excluding diaryl/α,β-unsaturated/α-hetero) is 1. The van der Waals surface area contributed by atoms with Crippen LogP contribution < -0.4 is 4.74 Å². The Morgan fingerprint density at radius 2 is 1.91 bits per heavy atom. The van der Waals surface area contributed by atoms with Crippen molar-refractivity contribution >= 4 is 29.1 Å². The van der Waals surface area contributed by atoms with Crippen molar-refractivity contribution in [3.05, 3.63) is 88.5 Å². The Morgan fingerprint density at radius 1 is 1.15 bits per heavy atom. The number of aliphatic hydroxyl groups excluding tert-OH is 1. The smallest absolute Gasteiger partial charge is 0.295 e. The van der Waals surface area contributed by atoms with Gasteiger partial charge >= 0.3 is 0 Å². The number of carbonyl (C=O) groups excluding carboxylic acids is 2. The van der Waals surface area contributed by atoms with E-state index in [1.807, 2.05) is 48.9 Å². The number of aryl methyl sites for hydroxylation is 2. The van der Waals surface area contributed by atoms with Gasteiger partial charge in [0.25, 0.3) is 11.7 Å². The molecule has 1 aromatic heterocycles. The Labute approximate surface area is 203 Å². The molecule has 1 N–H and O–H groups in total. The van der Waals surface area contributed by atoms with E-state index in [4.69, 9.17) is 16.3 Å². The van der Waals surface area contributed by atoms with Crippen molar-refractivity contribution in [1.82, 2.24) is 14.5 Å². The molecule has 176 valence electrons. The zero-order valence-corrected chi connectivity index (χ0v) is 19.8. The Morgan fingerprint density at radius 3 is 2.56 bits per heavy atom. The molecule has 1 aliphatic rings. The number of likely N-dealkylation sites (tertiary alicyclic amines) is 1. The van der Waals surface area contributed by atoms with Crippen LogP contribution in [0, 0.1) is 6.92 Å². The van der Waals surface area contributed by atoms with Crippen molar-refractivity contribution in [1.29, 1.82) is 0 Å². The normalized spacial score (nSPS) is 17.4. The molecule has 7 nitrogen and oxygen atoms in total. The molecule has 1 aliphatic heterocycles. The Balaban J connectivity index is 1.73. The fraction of sp³-hybridized carbons (Fsp3) is 0.269. The van der Waals surface area contributed by atoms with Crippen LogP contribution in [0.4, 0.5) is 0 Å².